The molecule has 1 heterocycles. The molecule has 4 nitrogen and oxygen atoms in total. The van der Waals surface area contributed by atoms with E-state index in [-0.39, 0.29) is 11.5 Å². The van der Waals surface area contributed by atoms with Crippen LogP contribution in [-0.4, -0.2) is 29.5 Å². The van der Waals surface area contributed by atoms with Gasteiger partial charge in [-0.05, 0) is 24.4 Å². The Morgan fingerprint density at radius 2 is 2.17 bits per heavy atom. The van der Waals surface area contributed by atoms with Gasteiger partial charge in [-0.15, -0.1) is 0 Å². The van der Waals surface area contributed by atoms with E-state index in [0.29, 0.717) is 16.3 Å². The number of para-hydroxylation sites is 1. The van der Waals surface area contributed by atoms with Gasteiger partial charge in [0.1, 0.15) is 0 Å². The van der Waals surface area contributed by atoms with Gasteiger partial charge in [-0.25, -0.2) is 8.42 Å². The number of aryl methyl sites for hydroxylation is 1. The molecule has 18 heavy (non-hydrogen) atoms. The summed E-state index contributed by atoms with van der Waals surface area (Å²) in [6, 6.07) is 5.45. The number of hydrogen-bond donors (Lipinski definition) is 1. The van der Waals surface area contributed by atoms with E-state index in [0.717, 1.165) is 11.0 Å². The van der Waals surface area contributed by atoms with E-state index in [1.165, 1.54) is 0 Å². The van der Waals surface area contributed by atoms with Crippen LogP contribution in [0.1, 0.15) is 6.92 Å². The monoisotopic (exact) mass is 304 g/mol. The average Bonchev–Trinajstić information content (AvgIpc) is 2.65. The van der Waals surface area contributed by atoms with Crippen molar-refractivity contribution in [2.75, 3.05) is 11.5 Å². The Labute approximate surface area is 115 Å². The molecule has 0 amide bonds. The molecule has 2 aromatic rings. The number of rotatable bonds is 4. The van der Waals surface area contributed by atoms with Crippen LogP contribution >= 0.6 is 23.8 Å². The van der Waals surface area contributed by atoms with Gasteiger partial charge < -0.3 is 9.55 Å². The number of fused-ring (bicyclic) bond motifs is 1. The predicted molar refractivity (Wildman–Crippen MR) is 76.5 cm³/mol. The van der Waals surface area contributed by atoms with E-state index in [1.807, 2.05) is 12.1 Å². The van der Waals surface area contributed by atoms with E-state index < -0.39 is 9.84 Å². The molecule has 1 aromatic heterocycles. The molecule has 0 unspecified atom stereocenters. The van der Waals surface area contributed by atoms with Crippen molar-refractivity contribution in [1.29, 1.82) is 0 Å². The standard InChI is InChI=1S/C11H13ClN2O2S2/c1-2-18(15,16)7-6-14-9-5-3-4-8(12)10(9)13-11(14)17/h3-5H,2,6-7H2,1H3,(H,13,17). The number of nitrogens with one attached hydrogen (secondary N) is 1. The van der Waals surface area contributed by atoms with Crippen molar-refractivity contribution in [2.24, 2.45) is 0 Å². The number of nitrogens with zero attached hydrogens (tertiary/aromatic N) is 1. The fourth-order valence-electron chi connectivity index (χ4n) is 1.74. The van der Waals surface area contributed by atoms with Crippen LogP contribution < -0.4 is 0 Å². The van der Waals surface area contributed by atoms with Crippen molar-refractivity contribution in [2.45, 2.75) is 13.5 Å². The highest BCUT2D eigenvalue weighted by Crippen LogP contribution is 2.22. The number of aromatic amines is 1. The highest BCUT2D eigenvalue weighted by atomic mass is 35.5. The van der Waals surface area contributed by atoms with Crippen LogP contribution in [-0.2, 0) is 16.4 Å². The normalized spacial score (nSPS) is 12.1. The smallest absolute Gasteiger partial charge is 0.178 e. The summed E-state index contributed by atoms with van der Waals surface area (Å²) in [5.74, 6) is 0.223. The summed E-state index contributed by atoms with van der Waals surface area (Å²) < 4.78 is 25.3. The lowest BCUT2D eigenvalue weighted by Gasteiger charge is -2.04. The molecule has 0 aliphatic heterocycles. The maximum atomic E-state index is 11.5. The molecular formula is C11H13ClN2O2S2. The van der Waals surface area contributed by atoms with Gasteiger partial charge in [0.2, 0.25) is 0 Å². The van der Waals surface area contributed by atoms with Crippen molar-refractivity contribution in [3.63, 3.8) is 0 Å². The first kappa shape index (κ1) is 13.6. The van der Waals surface area contributed by atoms with Gasteiger partial charge in [-0.3, -0.25) is 0 Å². The third-order valence-electron chi connectivity index (χ3n) is 2.83. The van der Waals surface area contributed by atoms with Crippen LogP contribution in [0.2, 0.25) is 5.02 Å². The summed E-state index contributed by atoms with van der Waals surface area (Å²) in [4.78, 5) is 3.00. The summed E-state index contributed by atoms with van der Waals surface area (Å²) in [6.07, 6.45) is 0. The number of halogens is 1. The van der Waals surface area contributed by atoms with E-state index in [1.54, 1.807) is 17.6 Å². The Morgan fingerprint density at radius 3 is 2.83 bits per heavy atom. The quantitative estimate of drug-likeness (QED) is 0.884. The first-order valence-electron chi connectivity index (χ1n) is 5.52. The minimum Gasteiger partial charge on any atom is -0.329 e. The van der Waals surface area contributed by atoms with Crippen LogP contribution in [0.5, 0.6) is 0 Å². The average molecular weight is 305 g/mol. The Balaban J connectivity index is 2.43. The van der Waals surface area contributed by atoms with Gasteiger partial charge in [0, 0.05) is 12.3 Å². The molecule has 7 heteroatoms. The first-order valence-corrected chi connectivity index (χ1v) is 8.13. The van der Waals surface area contributed by atoms with Crippen LogP contribution in [0.25, 0.3) is 11.0 Å². The van der Waals surface area contributed by atoms with Crippen molar-refractivity contribution < 1.29 is 8.42 Å². The second-order valence-electron chi connectivity index (χ2n) is 3.95. The highest BCUT2D eigenvalue weighted by molar-refractivity contribution is 7.91. The zero-order valence-electron chi connectivity index (χ0n) is 9.81. The second-order valence-corrected chi connectivity index (χ2v) is 7.22. The molecule has 0 aliphatic carbocycles. The molecule has 1 aromatic carbocycles. The Morgan fingerprint density at radius 1 is 1.44 bits per heavy atom. The van der Waals surface area contributed by atoms with Crippen molar-refractivity contribution in [3.8, 4) is 0 Å². The van der Waals surface area contributed by atoms with Gasteiger partial charge in [-0.1, -0.05) is 24.6 Å². The fraction of sp³-hybridized carbons (Fsp3) is 0.364. The molecule has 0 radical (unpaired) electrons. The van der Waals surface area contributed by atoms with Gasteiger partial charge in [0.15, 0.2) is 14.6 Å². The zero-order valence-corrected chi connectivity index (χ0v) is 12.2. The molecule has 0 bridgehead atoms. The summed E-state index contributed by atoms with van der Waals surface area (Å²) in [5.41, 5.74) is 1.58. The predicted octanol–water partition coefficient (Wildman–Crippen LogP) is 2.79. The largest absolute Gasteiger partial charge is 0.329 e. The fourth-order valence-corrected chi connectivity index (χ4v) is 3.00. The number of aromatic nitrogens is 2. The van der Waals surface area contributed by atoms with Crippen LogP contribution in [0, 0.1) is 4.77 Å². The van der Waals surface area contributed by atoms with Crippen LogP contribution in [0.4, 0.5) is 0 Å². The van der Waals surface area contributed by atoms with Crippen molar-refractivity contribution >= 4 is 44.7 Å². The molecule has 0 fully saturated rings. The zero-order chi connectivity index (χ0) is 13.3. The summed E-state index contributed by atoms with van der Waals surface area (Å²) in [6.45, 7) is 1.98. The topological polar surface area (TPSA) is 54.9 Å². The van der Waals surface area contributed by atoms with Crippen LogP contribution in [0.3, 0.4) is 0 Å². The van der Waals surface area contributed by atoms with Gasteiger partial charge in [-0.2, -0.15) is 0 Å². The summed E-state index contributed by atoms with van der Waals surface area (Å²) in [5, 5.41) is 0.579. The summed E-state index contributed by atoms with van der Waals surface area (Å²) >= 11 is 11.2. The van der Waals surface area contributed by atoms with E-state index in [2.05, 4.69) is 4.98 Å². The molecule has 0 atom stereocenters. The van der Waals surface area contributed by atoms with Gasteiger partial charge >= 0.3 is 0 Å². The van der Waals surface area contributed by atoms with Gasteiger partial charge in [0.05, 0.1) is 21.8 Å². The Kier molecular flexibility index (Phi) is 3.79. The lowest BCUT2D eigenvalue weighted by atomic mass is 10.3. The SMILES string of the molecule is CCS(=O)(=O)CCn1c(=S)[nH]c2c(Cl)cccc21. The summed E-state index contributed by atoms with van der Waals surface area (Å²) in [7, 11) is -3.01. The van der Waals surface area contributed by atoms with E-state index in [4.69, 9.17) is 23.8 Å². The lowest BCUT2D eigenvalue weighted by Crippen LogP contribution is -2.14. The van der Waals surface area contributed by atoms with Crippen molar-refractivity contribution in [3.05, 3.63) is 28.0 Å². The van der Waals surface area contributed by atoms with Gasteiger partial charge in [0.25, 0.3) is 0 Å². The molecule has 0 aliphatic rings. The third-order valence-corrected chi connectivity index (χ3v) is 5.15. The van der Waals surface area contributed by atoms with Crippen molar-refractivity contribution in [1.82, 2.24) is 9.55 Å². The number of hydrogen-bond acceptors (Lipinski definition) is 3. The highest BCUT2D eigenvalue weighted by Gasteiger charge is 2.11. The third kappa shape index (κ3) is 2.60. The Hall–Kier alpha value is -0.850. The molecule has 0 saturated heterocycles. The lowest BCUT2D eigenvalue weighted by molar-refractivity contribution is 0.590. The molecule has 98 valence electrons. The molecule has 0 spiro atoms. The molecule has 0 saturated carbocycles. The molecule has 1 N–H and O–H groups in total. The maximum Gasteiger partial charge on any atom is 0.178 e. The van der Waals surface area contributed by atoms with E-state index >= 15 is 0 Å². The first-order chi connectivity index (χ1) is 8.44. The minimum atomic E-state index is -3.01. The van der Waals surface area contributed by atoms with E-state index in [9.17, 15) is 8.42 Å². The molecular weight excluding hydrogens is 292 g/mol. The Bertz CT molecular complexity index is 731. The number of sulfone groups is 1. The number of benzene rings is 1. The molecule has 2 rings (SSSR count). The second kappa shape index (κ2) is 5.03. The maximum absolute atomic E-state index is 11.5. The number of imidazole rings is 1. The minimum absolute atomic E-state index is 0.0806. The number of H-pyrrole nitrogens is 1. The van der Waals surface area contributed by atoms with Crippen LogP contribution in [0.15, 0.2) is 18.2 Å².